The predicted octanol–water partition coefficient (Wildman–Crippen LogP) is 3.29. The summed E-state index contributed by atoms with van der Waals surface area (Å²) in [6.45, 7) is 1.17. The summed E-state index contributed by atoms with van der Waals surface area (Å²) in [5.41, 5.74) is 1.41. The Morgan fingerprint density at radius 1 is 1.05 bits per heavy atom. The van der Waals surface area contributed by atoms with Gasteiger partial charge in [0.15, 0.2) is 11.5 Å². The van der Waals surface area contributed by atoms with Crippen LogP contribution in [0.2, 0.25) is 0 Å². The molecule has 1 aliphatic carbocycles. The minimum atomic E-state index is 0.644. The van der Waals surface area contributed by atoms with E-state index in [-0.39, 0.29) is 0 Å². The Kier molecular flexibility index (Phi) is 3.88. The van der Waals surface area contributed by atoms with E-state index >= 15 is 0 Å². The lowest BCUT2D eigenvalue weighted by Crippen LogP contribution is -2.31. The van der Waals surface area contributed by atoms with E-state index in [1.54, 1.807) is 14.2 Å². The SMILES string of the molecule is COc1ccc(C2CN(C)C3CCCCC23)cc1OC. The van der Waals surface area contributed by atoms with Gasteiger partial charge >= 0.3 is 0 Å². The summed E-state index contributed by atoms with van der Waals surface area (Å²) in [5, 5.41) is 0. The molecule has 0 aromatic heterocycles. The van der Waals surface area contributed by atoms with E-state index in [0.717, 1.165) is 23.5 Å². The lowest BCUT2D eigenvalue weighted by atomic mass is 9.77. The Labute approximate surface area is 121 Å². The van der Waals surface area contributed by atoms with Gasteiger partial charge in [0.05, 0.1) is 14.2 Å². The van der Waals surface area contributed by atoms with E-state index in [2.05, 4.69) is 24.1 Å². The zero-order chi connectivity index (χ0) is 14.1. The molecule has 1 aromatic carbocycles. The first-order chi connectivity index (χ1) is 9.74. The van der Waals surface area contributed by atoms with Crippen molar-refractivity contribution in [1.29, 1.82) is 0 Å². The van der Waals surface area contributed by atoms with E-state index < -0.39 is 0 Å². The van der Waals surface area contributed by atoms with Crippen molar-refractivity contribution in [2.45, 2.75) is 37.6 Å². The topological polar surface area (TPSA) is 21.7 Å². The molecule has 3 heteroatoms. The number of benzene rings is 1. The molecule has 20 heavy (non-hydrogen) atoms. The van der Waals surface area contributed by atoms with Crippen LogP contribution < -0.4 is 9.47 Å². The monoisotopic (exact) mass is 275 g/mol. The van der Waals surface area contributed by atoms with Gasteiger partial charge in [-0.3, -0.25) is 0 Å². The first-order valence-corrected chi connectivity index (χ1v) is 7.66. The fourth-order valence-corrected chi connectivity index (χ4v) is 4.17. The highest BCUT2D eigenvalue weighted by molar-refractivity contribution is 5.44. The fraction of sp³-hybridized carbons (Fsp3) is 0.647. The Balaban J connectivity index is 1.88. The van der Waals surface area contributed by atoms with Crippen LogP contribution in [-0.2, 0) is 0 Å². The summed E-state index contributed by atoms with van der Waals surface area (Å²) in [4.78, 5) is 2.56. The van der Waals surface area contributed by atoms with Crippen molar-refractivity contribution in [3.8, 4) is 11.5 Å². The molecule has 1 saturated carbocycles. The lowest BCUT2D eigenvalue weighted by Gasteiger charge is -2.31. The molecule has 3 rings (SSSR count). The van der Waals surface area contributed by atoms with Crippen LogP contribution in [0.1, 0.15) is 37.2 Å². The summed E-state index contributed by atoms with van der Waals surface area (Å²) in [7, 11) is 5.69. The number of methoxy groups -OCH3 is 2. The first-order valence-electron chi connectivity index (χ1n) is 7.66. The number of hydrogen-bond donors (Lipinski definition) is 0. The van der Waals surface area contributed by atoms with E-state index in [0.29, 0.717) is 5.92 Å². The molecule has 1 aliphatic heterocycles. The largest absolute Gasteiger partial charge is 0.493 e. The molecule has 0 N–H and O–H groups in total. The molecule has 0 bridgehead atoms. The van der Waals surface area contributed by atoms with Crippen LogP contribution in [0.25, 0.3) is 0 Å². The molecular weight excluding hydrogens is 250 g/mol. The third-order valence-corrected chi connectivity index (χ3v) is 5.18. The molecule has 2 aliphatic rings. The molecule has 2 fully saturated rings. The maximum Gasteiger partial charge on any atom is 0.160 e. The molecule has 1 aromatic rings. The van der Waals surface area contributed by atoms with Gasteiger partial charge in [0.25, 0.3) is 0 Å². The van der Waals surface area contributed by atoms with Gasteiger partial charge in [0, 0.05) is 18.5 Å². The smallest absolute Gasteiger partial charge is 0.160 e. The minimum absolute atomic E-state index is 0.644. The van der Waals surface area contributed by atoms with Crippen molar-refractivity contribution in [1.82, 2.24) is 4.90 Å². The quantitative estimate of drug-likeness (QED) is 0.845. The zero-order valence-electron chi connectivity index (χ0n) is 12.8. The molecule has 1 heterocycles. The van der Waals surface area contributed by atoms with E-state index in [1.807, 2.05) is 6.07 Å². The number of fused-ring (bicyclic) bond motifs is 1. The van der Waals surface area contributed by atoms with E-state index in [9.17, 15) is 0 Å². The highest BCUT2D eigenvalue weighted by atomic mass is 16.5. The van der Waals surface area contributed by atoms with Gasteiger partial charge in [-0.15, -0.1) is 0 Å². The highest BCUT2D eigenvalue weighted by Crippen LogP contribution is 2.45. The van der Waals surface area contributed by atoms with Crippen molar-refractivity contribution in [2.24, 2.45) is 5.92 Å². The maximum atomic E-state index is 5.46. The zero-order valence-corrected chi connectivity index (χ0v) is 12.8. The van der Waals surface area contributed by atoms with E-state index in [1.165, 1.54) is 37.8 Å². The molecule has 3 nitrogen and oxygen atoms in total. The van der Waals surface area contributed by atoms with Gasteiger partial charge in [-0.1, -0.05) is 18.9 Å². The second-order valence-corrected chi connectivity index (χ2v) is 6.18. The number of hydrogen-bond acceptors (Lipinski definition) is 3. The summed E-state index contributed by atoms with van der Waals surface area (Å²) >= 11 is 0. The van der Waals surface area contributed by atoms with Crippen LogP contribution in [0.3, 0.4) is 0 Å². The summed E-state index contributed by atoms with van der Waals surface area (Å²) in [6, 6.07) is 7.22. The van der Waals surface area contributed by atoms with Crippen LogP contribution in [0.4, 0.5) is 0 Å². The van der Waals surface area contributed by atoms with Gasteiger partial charge in [-0.25, -0.2) is 0 Å². The van der Waals surface area contributed by atoms with Crippen molar-refractivity contribution in [3.05, 3.63) is 23.8 Å². The summed E-state index contributed by atoms with van der Waals surface area (Å²) in [5.74, 6) is 3.13. The normalized spacial score (nSPS) is 30.1. The van der Waals surface area contributed by atoms with Gasteiger partial charge in [-0.2, -0.15) is 0 Å². The second kappa shape index (κ2) is 5.65. The molecule has 110 valence electrons. The molecule has 1 saturated heterocycles. The Hall–Kier alpha value is -1.22. The molecule has 0 radical (unpaired) electrons. The Bertz CT molecular complexity index is 474. The van der Waals surface area contributed by atoms with Crippen molar-refractivity contribution in [2.75, 3.05) is 27.8 Å². The number of likely N-dealkylation sites (N-methyl/N-ethyl adjacent to an activating group) is 1. The fourth-order valence-electron chi connectivity index (χ4n) is 4.17. The Morgan fingerprint density at radius 3 is 2.55 bits per heavy atom. The third kappa shape index (κ3) is 2.28. The van der Waals surface area contributed by atoms with Gasteiger partial charge in [0.2, 0.25) is 0 Å². The molecule has 0 spiro atoms. The molecule has 3 atom stereocenters. The van der Waals surface area contributed by atoms with Crippen molar-refractivity contribution in [3.63, 3.8) is 0 Å². The lowest BCUT2D eigenvalue weighted by molar-refractivity contribution is 0.212. The minimum Gasteiger partial charge on any atom is -0.493 e. The second-order valence-electron chi connectivity index (χ2n) is 6.18. The van der Waals surface area contributed by atoms with Gasteiger partial charge < -0.3 is 14.4 Å². The van der Waals surface area contributed by atoms with E-state index in [4.69, 9.17) is 9.47 Å². The summed E-state index contributed by atoms with van der Waals surface area (Å²) < 4.78 is 10.8. The van der Waals surface area contributed by atoms with Crippen LogP contribution in [-0.4, -0.2) is 38.8 Å². The number of rotatable bonds is 3. The molecule has 3 unspecified atom stereocenters. The maximum absolute atomic E-state index is 5.46. The summed E-state index contributed by atoms with van der Waals surface area (Å²) in [6.07, 6.45) is 5.52. The van der Waals surface area contributed by atoms with Crippen LogP contribution >= 0.6 is 0 Å². The van der Waals surface area contributed by atoms with Crippen molar-refractivity contribution < 1.29 is 9.47 Å². The molecular formula is C17H25NO2. The standard InChI is InChI=1S/C17H25NO2/c1-18-11-14(13-6-4-5-7-15(13)18)12-8-9-16(19-2)17(10-12)20-3/h8-10,13-15H,4-7,11H2,1-3H3. The first kappa shape index (κ1) is 13.7. The van der Waals surface area contributed by atoms with Crippen molar-refractivity contribution >= 4 is 0 Å². The van der Waals surface area contributed by atoms with Crippen LogP contribution in [0.15, 0.2) is 18.2 Å². The number of likely N-dealkylation sites (tertiary alicyclic amines) is 1. The third-order valence-electron chi connectivity index (χ3n) is 5.18. The predicted molar refractivity (Wildman–Crippen MR) is 80.7 cm³/mol. The molecule has 0 amide bonds. The number of nitrogens with zero attached hydrogens (tertiary/aromatic N) is 1. The Morgan fingerprint density at radius 2 is 1.80 bits per heavy atom. The van der Waals surface area contributed by atoms with Crippen LogP contribution in [0.5, 0.6) is 11.5 Å². The number of ether oxygens (including phenoxy) is 2. The average Bonchev–Trinajstić information content (AvgIpc) is 2.84. The highest BCUT2D eigenvalue weighted by Gasteiger charge is 2.41. The van der Waals surface area contributed by atoms with Gasteiger partial charge in [0.1, 0.15) is 0 Å². The van der Waals surface area contributed by atoms with Gasteiger partial charge in [-0.05, 0) is 43.5 Å². The van der Waals surface area contributed by atoms with Crippen LogP contribution in [0, 0.1) is 5.92 Å². The average molecular weight is 275 g/mol.